The average Bonchev–Trinajstić information content (AvgIpc) is 3.06. The first-order valence-electron chi connectivity index (χ1n) is 7.90. The number of primary amides is 1. The number of halogens is 1. The quantitative estimate of drug-likeness (QED) is 0.854. The number of nitrogens with one attached hydrogen (secondary N) is 1. The average molecular weight is 333 g/mol. The van der Waals surface area contributed by atoms with Gasteiger partial charge in [-0.1, -0.05) is 19.1 Å². The Hall–Kier alpha value is -2.32. The fourth-order valence-corrected chi connectivity index (χ4v) is 2.87. The number of aryl methyl sites for hydroxylation is 1. The van der Waals surface area contributed by atoms with E-state index in [-0.39, 0.29) is 11.9 Å². The molecule has 0 radical (unpaired) electrons. The predicted molar refractivity (Wildman–Crippen MR) is 84.4 cm³/mol. The number of rotatable bonds is 5. The summed E-state index contributed by atoms with van der Waals surface area (Å²) in [4.78, 5) is 18.3. The molecule has 0 bridgehead atoms. The van der Waals surface area contributed by atoms with E-state index >= 15 is 0 Å². The van der Waals surface area contributed by atoms with E-state index in [1.165, 1.54) is 12.1 Å². The number of morpholine rings is 1. The molecule has 1 aromatic carbocycles. The molecule has 2 atom stereocenters. The van der Waals surface area contributed by atoms with Crippen LogP contribution in [-0.4, -0.2) is 45.7 Å². The summed E-state index contributed by atoms with van der Waals surface area (Å²) in [6, 6.07) is 5.17. The Morgan fingerprint density at radius 2 is 2.25 bits per heavy atom. The van der Waals surface area contributed by atoms with Crippen molar-refractivity contribution in [1.82, 2.24) is 20.1 Å². The maximum absolute atomic E-state index is 13.1. The molecule has 3 rings (SSSR count). The molecule has 8 heteroatoms. The van der Waals surface area contributed by atoms with Crippen LogP contribution in [0, 0.1) is 5.82 Å². The third-order valence-corrected chi connectivity index (χ3v) is 4.09. The van der Waals surface area contributed by atoms with E-state index in [1.807, 2.05) is 11.8 Å². The van der Waals surface area contributed by atoms with Crippen molar-refractivity contribution in [3.63, 3.8) is 0 Å². The van der Waals surface area contributed by atoms with Gasteiger partial charge in [0.2, 0.25) is 5.91 Å². The van der Waals surface area contributed by atoms with Crippen molar-refractivity contribution in [3.8, 4) is 0 Å². The molecule has 2 unspecified atom stereocenters. The van der Waals surface area contributed by atoms with Crippen molar-refractivity contribution < 1.29 is 13.9 Å². The normalized spacial score (nSPS) is 20.0. The maximum atomic E-state index is 13.1. The van der Waals surface area contributed by atoms with Crippen LogP contribution in [0.1, 0.15) is 36.3 Å². The molecule has 1 aromatic heterocycles. The van der Waals surface area contributed by atoms with Gasteiger partial charge < -0.3 is 10.5 Å². The number of nitrogens with two attached hydrogens (primary N) is 1. The fourth-order valence-electron chi connectivity index (χ4n) is 2.87. The minimum absolute atomic E-state index is 0.336. The van der Waals surface area contributed by atoms with Crippen LogP contribution in [0.5, 0.6) is 0 Å². The lowest BCUT2D eigenvalue weighted by atomic mass is 10.0. The molecule has 3 N–H and O–H groups in total. The minimum atomic E-state index is -0.637. The van der Waals surface area contributed by atoms with E-state index in [9.17, 15) is 9.18 Å². The van der Waals surface area contributed by atoms with Gasteiger partial charge in [0, 0.05) is 19.5 Å². The Kier molecular flexibility index (Phi) is 4.86. The number of nitrogens with zero attached hydrogens (tertiary/aromatic N) is 3. The van der Waals surface area contributed by atoms with Gasteiger partial charge in [-0.15, -0.1) is 0 Å². The van der Waals surface area contributed by atoms with Gasteiger partial charge in [-0.2, -0.15) is 5.10 Å². The van der Waals surface area contributed by atoms with Gasteiger partial charge in [0.15, 0.2) is 5.82 Å². The number of amides is 1. The first-order valence-corrected chi connectivity index (χ1v) is 7.90. The summed E-state index contributed by atoms with van der Waals surface area (Å²) in [7, 11) is 0. The lowest BCUT2D eigenvalue weighted by Gasteiger charge is -2.36. The van der Waals surface area contributed by atoms with Crippen LogP contribution in [-0.2, 0) is 16.0 Å². The lowest BCUT2D eigenvalue weighted by molar-refractivity contribution is -0.127. The SMILES string of the molecule is CCc1nc(C2CN(C(C(N)=O)c3ccc(F)cc3)CCO2)n[nH]1. The highest BCUT2D eigenvalue weighted by atomic mass is 19.1. The van der Waals surface area contributed by atoms with Gasteiger partial charge >= 0.3 is 0 Å². The molecule has 1 aliphatic heterocycles. The third-order valence-electron chi connectivity index (χ3n) is 4.09. The summed E-state index contributed by atoms with van der Waals surface area (Å²) in [6.07, 6.45) is 0.417. The van der Waals surface area contributed by atoms with Gasteiger partial charge in [-0.05, 0) is 17.7 Å². The van der Waals surface area contributed by atoms with E-state index in [4.69, 9.17) is 10.5 Å². The minimum Gasteiger partial charge on any atom is -0.368 e. The standard InChI is InChI=1S/C16H20FN5O2/c1-2-13-19-16(21-20-13)12-9-22(7-8-24-12)14(15(18)23)10-3-5-11(17)6-4-10/h3-6,12,14H,2,7-9H2,1H3,(H2,18,23)(H,19,20,21). The first kappa shape index (κ1) is 16.5. The summed E-state index contributed by atoms with van der Waals surface area (Å²) in [5.41, 5.74) is 6.26. The molecular weight excluding hydrogens is 313 g/mol. The van der Waals surface area contributed by atoms with Gasteiger partial charge in [0.05, 0.1) is 6.61 Å². The second-order valence-corrected chi connectivity index (χ2v) is 5.70. The fraction of sp³-hybridized carbons (Fsp3) is 0.438. The zero-order chi connectivity index (χ0) is 17.1. The van der Waals surface area contributed by atoms with Gasteiger partial charge in [0.1, 0.15) is 23.8 Å². The Morgan fingerprint density at radius 3 is 2.88 bits per heavy atom. The molecule has 2 heterocycles. The summed E-state index contributed by atoms with van der Waals surface area (Å²) < 4.78 is 18.9. The molecule has 1 fully saturated rings. The molecule has 1 aliphatic rings. The van der Waals surface area contributed by atoms with Crippen LogP contribution >= 0.6 is 0 Å². The van der Waals surface area contributed by atoms with Crippen molar-refractivity contribution in [2.45, 2.75) is 25.5 Å². The molecule has 2 aromatic rings. The van der Waals surface area contributed by atoms with Crippen molar-refractivity contribution in [1.29, 1.82) is 0 Å². The van der Waals surface area contributed by atoms with Crippen LogP contribution < -0.4 is 5.73 Å². The topological polar surface area (TPSA) is 97.1 Å². The maximum Gasteiger partial charge on any atom is 0.239 e. The van der Waals surface area contributed by atoms with Crippen molar-refractivity contribution in [3.05, 3.63) is 47.3 Å². The molecule has 128 valence electrons. The second-order valence-electron chi connectivity index (χ2n) is 5.70. The number of ether oxygens (including phenoxy) is 1. The largest absolute Gasteiger partial charge is 0.368 e. The summed E-state index contributed by atoms with van der Waals surface area (Å²) in [5.74, 6) is 0.524. The molecular formula is C16H20FN5O2. The highest BCUT2D eigenvalue weighted by Crippen LogP contribution is 2.27. The molecule has 0 spiro atoms. The smallest absolute Gasteiger partial charge is 0.239 e. The number of carbonyl (C=O) groups is 1. The summed E-state index contributed by atoms with van der Waals surface area (Å²) in [5, 5.41) is 7.04. The highest BCUT2D eigenvalue weighted by molar-refractivity contribution is 5.81. The van der Waals surface area contributed by atoms with Crippen LogP contribution in [0.3, 0.4) is 0 Å². The highest BCUT2D eigenvalue weighted by Gasteiger charge is 2.33. The third kappa shape index (κ3) is 3.44. The number of H-pyrrole nitrogens is 1. The summed E-state index contributed by atoms with van der Waals surface area (Å²) in [6.45, 7) is 3.40. The van der Waals surface area contributed by atoms with Crippen molar-refractivity contribution in [2.24, 2.45) is 5.73 Å². The number of hydrogen-bond donors (Lipinski definition) is 2. The molecule has 1 amide bonds. The number of benzene rings is 1. The Balaban J connectivity index is 1.80. The van der Waals surface area contributed by atoms with Gasteiger partial charge in [-0.25, -0.2) is 9.37 Å². The van der Waals surface area contributed by atoms with E-state index < -0.39 is 11.9 Å². The number of aromatic amines is 1. The van der Waals surface area contributed by atoms with E-state index in [2.05, 4.69) is 15.2 Å². The van der Waals surface area contributed by atoms with Crippen LogP contribution in [0.15, 0.2) is 24.3 Å². The Labute approximate surface area is 139 Å². The molecule has 1 saturated heterocycles. The first-order chi connectivity index (χ1) is 11.6. The monoisotopic (exact) mass is 333 g/mol. The summed E-state index contributed by atoms with van der Waals surface area (Å²) >= 11 is 0. The van der Waals surface area contributed by atoms with E-state index in [0.717, 1.165) is 12.2 Å². The number of carbonyl (C=O) groups excluding carboxylic acids is 1. The van der Waals surface area contributed by atoms with Crippen molar-refractivity contribution >= 4 is 5.91 Å². The van der Waals surface area contributed by atoms with Crippen LogP contribution in [0.2, 0.25) is 0 Å². The van der Waals surface area contributed by atoms with Crippen LogP contribution in [0.25, 0.3) is 0 Å². The lowest BCUT2D eigenvalue weighted by Crippen LogP contribution is -2.45. The Morgan fingerprint density at radius 1 is 1.50 bits per heavy atom. The molecule has 0 aliphatic carbocycles. The number of aromatic nitrogens is 3. The zero-order valence-corrected chi connectivity index (χ0v) is 13.4. The Bertz CT molecular complexity index is 703. The van der Waals surface area contributed by atoms with E-state index in [1.54, 1.807) is 12.1 Å². The molecule has 0 saturated carbocycles. The van der Waals surface area contributed by atoms with Crippen molar-refractivity contribution in [2.75, 3.05) is 19.7 Å². The second kappa shape index (κ2) is 7.06. The molecule has 24 heavy (non-hydrogen) atoms. The van der Waals surface area contributed by atoms with Gasteiger partial charge in [0.25, 0.3) is 0 Å². The van der Waals surface area contributed by atoms with Gasteiger partial charge in [-0.3, -0.25) is 14.8 Å². The van der Waals surface area contributed by atoms with Crippen LogP contribution in [0.4, 0.5) is 4.39 Å². The zero-order valence-electron chi connectivity index (χ0n) is 13.4. The molecule has 7 nitrogen and oxygen atoms in total. The van der Waals surface area contributed by atoms with E-state index in [0.29, 0.717) is 31.1 Å². The predicted octanol–water partition coefficient (Wildman–Crippen LogP) is 1.11. The number of hydrogen-bond acceptors (Lipinski definition) is 5.